The van der Waals surface area contributed by atoms with E-state index in [9.17, 15) is 0 Å². The molecule has 7 aromatic carbocycles. The number of fused-ring (bicyclic) bond motifs is 2. The maximum atomic E-state index is 2.93. The molecule has 7 aromatic rings. The predicted molar refractivity (Wildman–Crippen MR) is 440 cm³/mol. The molecule has 0 atom stereocenters. The summed E-state index contributed by atoms with van der Waals surface area (Å²) in [5.41, 5.74) is 16.4. The molecule has 0 aliphatic heterocycles. The summed E-state index contributed by atoms with van der Waals surface area (Å²) in [7, 11) is -7.81. The topological polar surface area (TPSA) is 6.48 Å². The Bertz CT molecular complexity index is 3640. The third-order valence-electron chi connectivity index (χ3n) is 26.1. The zero-order chi connectivity index (χ0) is 69.4. The van der Waals surface area contributed by atoms with Gasteiger partial charge in [-0.25, -0.2) is 0 Å². The van der Waals surface area contributed by atoms with Gasteiger partial charge in [-0.2, -0.15) is 0 Å². The monoisotopic (exact) mass is 1340 g/mol. The Kier molecular flexibility index (Phi) is 23.1. The van der Waals surface area contributed by atoms with Crippen LogP contribution in [0.5, 0.6) is 0 Å². The number of hydrogen-bond donors (Lipinski definition) is 0. The number of nitrogens with zero attached hydrogens (tertiary/aromatic N) is 2. The van der Waals surface area contributed by atoms with Crippen molar-refractivity contribution < 1.29 is 0 Å². The first kappa shape index (κ1) is 74.7. The second kappa shape index (κ2) is 29.4. The van der Waals surface area contributed by atoms with Crippen LogP contribution in [0.1, 0.15) is 269 Å². The summed E-state index contributed by atoms with van der Waals surface area (Å²) in [5.74, 6) is 1.05. The summed E-state index contributed by atoms with van der Waals surface area (Å²) in [6.45, 7) is 60.0. The Morgan fingerprint density at radius 1 is 0.295 bits per heavy atom. The van der Waals surface area contributed by atoms with Crippen molar-refractivity contribution in [1.29, 1.82) is 0 Å². The zero-order valence-electron chi connectivity index (χ0n) is 65.3. The van der Waals surface area contributed by atoms with Crippen LogP contribution in [0, 0.1) is 0 Å². The molecule has 516 valence electrons. The molecule has 0 unspecified atom stereocenters. The van der Waals surface area contributed by atoms with Crippen molar-refractivity contribution in [2.45, 2.75) is 330 Å². The van der Waals surface area contributed by atoms with E-state index in [1.807, 2.05) is 0 Å². The molecule has 2 aliphatic rings. The number of anilines is 6. The van der Waals surface area contributed by atoms with Crippen LogP contribution in [0.4, 0.5) is 34.1 Å². The van der Waals surface area contributed by atoms with Gasteiger partial charge in [-0.3, -0.25) is 0 Å². The Hall–Kier alpha value is -4.47. The Morgan fingerprint density at radius 2 is 0.558 bits per heavy atom. The quantitative estimate of drug-likeness (QED) is 0.0358. The van der Waals surface area contributed by atoms with Crippen LogP contribution < -0.4 is 30.5 Å². The second-order valence-corrected chi connectivity index (χ2v) is 55.9. The fourth-order valence-electron chi connectivity index (χ4n) is 17.6. The smallest absolute Gasteiger partial charge is 0.0860 e. The largest absolute Gasteiger partial charge is 0.309 e. The van der Waals surface area contributed by atoms with Gasteiger partial charge in [0, 0.05) is 44.3 Å². The third kappa shape index (κ3) is 14.9. The maximum Gasteiger partial charge on any atom is 0.0860 e. The van der Waals surface area contributed by atoms with Crippen LogP contribution in [0.15, 0.2) is 109 Å². The van der Waals surface area contributed by atoms with Gasteiger partial charge in [0.05, 0.1) is 43.7 Å². The standard InChI is InChI=1S/C89H134N2Si4/c1-25-92(24,26-2)76-58-74(59-77(62-76)93(27-3,28-4)29-5)90(72-54-68(86(12,13)14)52-69(55-72)87(15,16)17)84-80-48-46-67(65-44-40-37-41-45-65)51-83(80)85(81-49-47-66(50-82(81)84)64-42-38-36-39-43-64)91(73-56-70(88(18,19)20)53-71(57-73)89(21,22)23)75-60-78(94(30-6,31-7)32-8)63-79(61-75)95(33-9,34-10)35-11/h46-65H,25-45H2,1-24H3. The summed E-state index contributed by atoms with van der Waals surface area (Å²) < 4.78 is 0. The molecule has 0 spiro atoms. The van der Waals surface area contributed by atoms with Gasteiger partial charge in [-0.15, -0.1) is 0 Å². The van der Waals surface area contributed by atoms with Gasteiger partial charge in [0.2, 0.25) is 0 Å². The SMILES string of the molecule is CC[Si](C)(CC)c1cc(N(c2cc(C(C)(C)C)cc(C(C)(C)C)c2)c2c3ccc(C4CCCCC4)cc3c(N(c3cc(C(C)(C)C)cc(C(C)(C)C)c3)c3cc([Si](CC)(CC)CC)cc([Si](CC)(CC)CC)c3)c3ccc(C4CCCCC4)cc23)cc([Si](CC)(CC)CC)c1. The minimum atomic E-state index is -1.96. The molecule has 9 rings (SSSR count). The van der Waals surface area contributed by atoms with E-state index in [4.69, 9.17) is 0 Å². The first-order valence-electron chi connectivity index (χ1n) is 39.1. The minimum absolute atomic E-state index is 0.0841. The molecule has 0 amide bonds. The van der Waals surface area contributed by atoms with E-state index in [0.29, 0.717) is 11.8 Å². The fourth-order valence-corrected chi connectivity index (χ4v) is 31.1. The molecule has 6 heteroatoms. The Labute approximate surface area is 587 Å². The molecular formula is C89H134N2Si4. The summed E-state index contributed by atoms with van der Waals surface area (Å²) in [6, 6.07) is 62.6. The van der Waals surface area contributed by atoms with Gasteiger partial charge in [0.1, 0.15) is 0 Å². The van der Waals surface area contributed by atoms with Crippen molar-refractivity contribution in [3.63, 3.8) is 0 Å². The van der Waals surface area contributed by atoms with Gasteiger partial charge in [-0.05, 0) is 153 Å². The summed E-state index contributed by atoms with van der Waals surface area (Å²) in [6.07, 6.45) is 12.9. The fraction of sp³-hybridized carbons (Fsp3) is 0.573. The minimum Gasteiger partial charge on any atom is -0.309 e. The number of rotatable bonds is 23. The maximum absolute atomic E-state index is 2.93. The molecule has 2 nitrogen and oxygen atoms in total. The highest BCUT2D eigenvalue weighted by Crippen LogP contribution is 2.55. The van der Waals surface area contributed by atoms with E-state index in [-0.39, 0.29) is 21.7 Å². The molecular weight excluding hydrogens is 1210 g/mol. The van der Waals surface area contributed by atoms with Crippen LogP contribution in [0.25, 0.3) is 21.5 Å². The lowest BCUT2D eigenvalue weighted by atomic mass is 9.79. The predicted octanol–water partition coefficient (Wildman–Crippen LogP) is 26.7. The van der Waals surface area contributed by atoms with Crippen molar-refractivity contribution in [3.8, 4) is 0 Å². The highest BCUT2D eigenvalue weighted by molar-refractivity contribution is 6.95. The van der Waals surface area contributed by atoms with E-state index >= 15 is 0 Å². The molecule has 0 saturated heterocycles. The lowest BCUT2D eigenvalue weighted by molar-refractivity contribution is 0.444. The Balaban J connectivity index is 1.64. The van der Waals surface area contributed by atoms with Crippen LogP contribution in [0.3, 0.4) is 0 Å². The molecule has 0 N–H and O–H groups in total. The molecule has 0 heterocycles. The van der Waals surface area contributed by atoms with E-state index in [1.54, 1.807) is 20.7 Å². The molecule has 2 saturated carbocycles. The third-order valence-corrected chi connectivity index (χ3v) is 47.6. The van der Waals surface area contributed by atoms with Gasteiger partial charge >= 0.3 is 0 Å². The van der Waals surface area contributed by atoms with Gasteiger partial charge in [0.25, 0.3) is 0 Å². The van der Waals surface area contributed by atoms with Crippen LogP contribution >= 0.6 is 0 Å². The number of benzene rings is 7. The average Bonchev–Trinajstić information content (AvgIpc) is 0.712. The van der Waals surface area contributed by atoms with Crippen molar-refractivity contribution in [2.24, 2.45) is 0 Å². The van der Waals surface area contributed by atoms with Gasteiger partial charge in [-0.1, -0.05) is 340 Å². The van der Waals surface area contributed by atoms with Crippen molar-refractivity contribution in [3.05, 3.63) is 143 Å². The van der Waals surface area contributed by atoms with Crippen LogP contribution in [-0.4, -0.2) is 32.3 Å². The summed E-state index contributed by atoms with van der Waals surface area (Å²) in [5, 5.41) is 12.2. The molecule has 2 aliphatic carbocycles. The van der Waals surface area contributed by atoms with Crippen molar-refractivity contribution in [2.75, 3.05) is 9.80 Å². The van der Waals surface area contributed by atoms with Gasteiger partial charge in [0.15, 0.2) is 0 Å². The van der Waals surface area contributed by atoms with E-state index < -0.39 is 32.3 Å². The second-order valence-electron chi connectivity index (χ2n) is 35.0. The van der Waals surface area contributed by atoms with Crippen molar-refractivity contribution in [1.82, 2.24) is 0 Å². The molecule has 0 radical (unpaired) electrons. The first-order valence-corrected chi connectivity index (χ1v) is 49.9. The molecule has 0 aromatic heterocycles. The van der Waals surface area contributed by atoms with Gasteiger partial charge < -0.3 is 9.80 Å². The van der Waals surface area contributed by atoms with E-state index in [2.05, 4.69) is 285 Å². The molecule has 95 heavy (non-hydrogen) atoms. The highest BCUT2D eigenvalue weighted by atomic mass is 28.3. The number of hydrogen-bond acceptors (Lipinski definition) is 2. The normalized spacial score (nSPS) is 15.5. The summed E-state index contributed by atoms with van der Waals surface area (Å²) >= 11 is 0. The summed E-state index contributed by atoms with van der Waals surface area (Å²) in [4.78, 5) is 5.85. The Morgan fingerprint density at radius 3 is 0.821 bits per heavy atom. The zero-order valence-corrected chi connectivity index (χ0v) is 69.3. The van der Waals surface area contributed by atoms with E-state index in [0.717, 1.165) is 0 Å². The molecule has 2 fully saturated rings. The lowest BCUT2D eigenvalue weighted by Crippen LogP contribution is -2.52. The van der Waals surface area contributed by atoms with Crippen LogP contribution in [0.2, 0.25) is 73.0 Å². The molecule has 0 bridgehead atoms. The first-order chi connectivity index (χ1) is 44.8. The highest BCUT2D eigenvalue weighted by Gasteiger charge is 2.39. The lowest BCUT2D eigenvalue weighted by Gasteiger charge is -2.39. The average molecular weight is 1340 g/mol. The van der Waals surface area contributed by atoms with E-state index in [1.165, 1.54) is 220 Å². The van der Waals surface area contributed by atoms with Crippen LogP contribution in [-0.2, 0) is 21.7 Å². The van der Waals surface area contributed by atoms with Crippen molar-refractivity contribution >= 4 is 109 Å².